The van der Waals surface area contributed by atoms with Gasteiger partial charge in [-0.25, -0.2) is 33.2 Å². The number of carbonyl (C=O) groups is 7. The number of alkyl halides is 2. The van der Waals surface area contributed by atoms with Crippen LogP contribution in [0.25, 0.3) is 0 Å². The van der Waals surface area contributed by atoms with Crippen molar-refractivity contribution < 1.29 is 105 Å². The summed E-state index contributed by atoms with van der Waals surface area (Å²) in [6, 6.07) is 33.6. The number of esters is 7. The molecule has 9 heterocycles. The predicted octanol–water partition coefficient (Wildman–Crippen LogP) is 6.81. The van der Waals surface area contributed by atoms with Gasteiger partial charge in [0.15, 0.2) is 43.3 Å². The minimum atomic E-state index is -1.94. The lowest BCUT2D eigenvalue weighted by Gasteiger charge is -2.45. The molecular weight excluding hydrogens is 1580 g/mol. The molecule has 4 aliphatic heterocycles. The van der Waals surface area contributed by atoms with E-state index in [0.717, 1.165) is 0 Å². The van der Waals surface area contributed by atoms with Crippen LogP contribution in [0.3, 0.4) is 0 Å². The Bertz CT molecular complexity index is 4850. The van der Waals surface area contributed by atoms with Gasteiger partial charge in [-0.2, -0.15) is 0 Å². The van der Waals surface area contributed by atoms with Crippen molar-refractivity contribution in [2.24, 2.45) is 23.7 Å². The van der Waals surface area contributed by atoms with Gasteiger partial charge in [-0.1, -0.05) is 127 Å². The first kappa shape index (κ1) is 85.0. The summed E-state index contributed by atoms with van der Waals surface area (Å²) in [5.41, 5.74) is 3.23. The molecule has 0 amide bonds. The smallest absolute Gasteiger partial charge is 0.338 e. The zero-order valence-corrected chi connectivity index (χ0v) is 67.1. The van der Waals surface area contributed by atoms with Crippen LogP contribution >= 0.6 is 23.2 Å². The van der Waals surface area contributed by atoms with E-state index in [2.05, 4.69) is 51.6 Å². The van der Waals surface area contributed by atoms with E-state index in [4.69, 9.17) is 94.3 Å². The molecule has 4 aliphatic rings. The van der Waals surface area contributed by atoms with Crippen LogP contribution in [-0.4, -0.2) is 220 Å². The number of hydrogen-bond donors (Lipinski definition) is 0. The van der Waals surface area contributed by atoms with Crippen molar-refractivity contribution in [1.29, 1.82) is 0 Å². The molecule has 118 heavy (non-hydrogen) atoms. The lowest BCUT2D eigenvalue weighted by Crippen LogP contribution is -2.58. The largest absolute Gasteiger partial charge is 0.463 e. The quantitative estimate of drug-likeness (QED) is 0.0227. The summed E-state index contributed by atoms with van der Waals surface area (Å²) >= 11 is 13.5. The molecule has 626 valence electrons. The lowest BCUT2D eigenvalue weighted by atomic mass is 9.86. The highest BCUT2D eigenvalue weighted by Gasteiger charge is 2.62. The molecule has 0 bridgehead atoms. The second-order valence-corrected chi connectivity index (χ2v) is 29.9. The average Bonchev–Trinajstić information content (AvgIpc) is 1.58. The first-order chi connectivity index (χ1) is 56.9. The first-order valence-electron chi connectivity index (χ1n) is 38.2. The summed E-state index contributed by atoms with van der Waals surface area (Å²) in [5.74, 6) is -9.11. The fourth-order valence-electron chi connectivity index (χ4n) is 14.1. The Morgan fingerprint density at radius 2 is 0.831 bits per heavy atom. The molecule has 4 fully saturated rings. The summed E-state index contributed by atoms with van der Waals surface area (Å²) in [5, 5.41) is 42.5. The molecule has 4 aromatic carbocycles. The Balaban J connectivity index is 0.655. The Kier molecular flexibility index (Phi) is 28.2. The summed E-state index contributed by atoms with van der Waals surface area (Å²) in [6.07, 6.45) is -6.26. The first-order valence-corrected chi connectivity index (χ1v) is 39.2. The second-order valence-electron chi connectivity index (χ2n) is 29.1. The maximum absolute atomic E-state index is 14.1. The fourth-order valence-corrected chi connectivity index (χ4v) is 14.7. The van der Waals surface area contributed by atoms with Crippen LogP contribution in [0.2, 0.25) is 0 Å². The number of halogens is 2. The Hall–Kier alpha value is -10.9. The van der Waals surface area contributed by atoms with Crippen LogP contribution < -0.4 is 0 Å². The van der Waals surface area contributed by atoms with Crippen molar-refractivity contribution in [3.05, 3.63) is 203 Å². The van der Waals surface area contributed by atoms with Gasteiger partial charge in [0.2, 0.25) is 5.79 Å². The van der Waals surface area contributed by atoms with Gasteiger partial charge < -0.3 is 71.1 Å². The van der Waals surface area contributed by atoms with E-state index in [9.17, 15) is 33.6 Å². The minimum absolute atomic E-state index is 0.0234. The lowest BCUT2D eigenvalue weighted by molar-refractivity contribution is -0.347. The molecule has 19 atom stereocenters. The van der Waals surface area contributed by atoms with Gasteiger partial charge in [0, 0.05) is 44.7 Å². The van der Waals surface area contributed by atoms with Crippen LogP contribution in [0.15, 0.2) is 152 Å². The van der Waals surface area contributed by atoms with E-state index in [1.165, 1.54) is 30.1 Å². The number of carbonyl (C=O) groups excluding carboxylic acids is 7. The molecule has 13 rings (SSSR count). The normalized spacial score (nSPS) is 26.9. The van der Waals surface area contributed by atoms with Gasteiger partial charge >= 0.3 is 41.8 Å². The third-order valence-electron chi connectivity index (χ3n) is 20.3. The summed E-state index contributed by atoms with van der Waals surface area (Å²) in [7, 11) is 0. The highest BCUT2D eigenvalue weighted by Crippen LogP contribution is 2.44. The van der Waals surface area contributed by atoms with Crippen LogP contribution in [0.5, 0.6) is 0 Å². The van der Waals surface area contributed by atoms with Crippen LogP contribution in [0.1, 0.15) is 118 Å². The van der Waals surface area contributed by atoms with E-state index in [1.54, 1.807) is 187 Å². The Labute approximate surface area is 686 Å². The number of hydrogen-bond acceptors (Lipinski definition) is 32. The summed E-state index contributed by atoms with van der Waals surface area (Å²) < 4.78 is 101. The molecule has 37 nitrogen and oxygen atoms in total. The van der Waals surface area contributed by atoms with Crippen molar-refractivity contribution in [2.45, 2.75) is 206 Å². The van der Waals surface area contributed by atoms with Gasteiger partial charge in [-0.15, -0.1) is 48.7 Å². The van der Waals surface area contributed by atoms with Gasteiger partial charge in [-0.3, -0.25) is 23.7 Å². The Morgan fingerprint density at radius 1 is 0.415 bits per heavy atom. The number of ether oxygens (including phenoxy) is 15. The molecule has 0 aliphatic carbocycles. The van der Waals surface area contributed by atoms with Crippen LogP contribution in [0, 0.1) is 30.6 Å². The van der Waals surface area contributed by atoms with Crippen molar-refractivity contribution in [2.75, 3.05) is 12.5 Å². The summed E-state index contributed by atoms with van der Waals surface area (Å²) in [6.45, 7) is 12.6. The van der Waals surface area contributed by atoms with Crippen LogP contribution in [0.4, 0.5) is 0 Å². The van der Waals surface area contributed by atoms with Gasteiger partial charge in [0.25, 0.3) is 0 Å². The monoisotopic (exact) mass is 1670 g/mol. The molecular formula is C79H89Cl2N15O22. The molecule has 4 saturated heterocycles. The van der Waals surface area contributed by atoms with Crippen molar-refractivity contribution in [1.82, 2.24) is 75.0 Å². The maximum Gasteiger partial charge on any atom is 0.338 e. The zero-order chi connectivity index (χ0) is 83.2. The van der Waals surface area contributed by atoms with Crippen LogP contribution in [-0.2, 0) is 145 Å². The fraction of sp³-hybridized carbons (Fsp3) is 0.481. The number of rotatable bonds is 34. The molecule has 39 heteroatoms. The molecule has 9 aromatic rings. The van der Waals surface area contributed by atoms with Gasteiger partial charge in [0.05, 0.1) is 129 Å². The maximum atomic E-state index is 14.1. The molecule has 0 N–H and O–H groups in total. The number of aryl methyl sites for hydroxylation is 3. The molecule has 0 spiro atoms. The van der Waals surface area contributed by atoms with E-state index >= 15 is 0 Å². The highest BCUT2D eigenvalue weighted by atomic mass is 35.5. The SMILES string of the molecule is CC(=O)OC[C@H]1O[C@H](O[C@]2(CCl)OC(Cn3cc(COCc4cn(C[C@H]5O[C@@H](OCc6cn(CCn7cc(CO[C@@H]8O[C@H](Cn9cc(C)nn9)[C@@H](OC(=O)c9ccccc9)[C@H](OC(=O)c9ccccc9)[C@@H]8C)nn7)nn6)[C@@H](OC(=O)c6ccccc6)[C@@H](OC(=O)c6ccccc6)[C@@H]5C)nn4)nn3)[C@@H](OC(C)=O)[C@@H]2OC(C)=O)[C@@H](C)[C@@H](C)[C@H]1Cl. The minimum Gasteiger partial charge on any atom is -0.463 e. The predicted molar refractivity (Wildman–Crippen MR) is 405 cm³/mol. The number of benzene rings is 4. The molecule has 1 unspecified atom stereocenters. The van der Waals surface area contributed by atoms with Gasteiger partial charge in [0.1, 0.15) is 59.9 Å². The Morgan fingerprint density at radius 3 is 1.31 bits per heavy atom. The third-order valence-corrected chi connectivity index (χ3v) is 21.4. The number of nitrogens with zero attached hydrogens (tertiary/aromatic N) is 15. The van der Waals surface area contributed by atoms with Crippen molar-refractivity contribution in [3.8, 4) is 0 Å². The standard InChI is InChI=1S/C79H89Cl2N15O22/c1-45-31-94(87-82-45)37-62-68(115-74(102)55-25-17-11-18-26-55)67(114-73(101)54-23-15-10-16-24-54)49(5)76(111-62)106-41-59-32-92(88-85-59)29-30-93-33-60(86-89-93)42-107-78-70(116-75(103)56-27-19-12-20-28-56)66(113-72(100)53-21-13-9-14-22-53)48(4)61(110-78)36-95-34-57(83-90-95)39-104-40-58-35-96(91-84-58)38-63-69(108-51(7)98)71(109-52(8)99)79(44-80,117-63)118-77-47(3)46(2)65(81)64(112-77)43-105-50(6)97/h9-28,31-35,46-49,61-71,76-78H,29-30,36-44H2,1-8H3/t46-,47+,48-,49+,61-,62-,63?,64-,65-,66+,67-,68-,69-,70+,71+,76-,77-,78-,79+/m1/s1. The second kappa shape index (κ2) is 39.1. The van der Waals surface area contributed by atoms with Crippen molar-refractivity contribution >= 4 is 65.0 Å². The van der Waals surface area contributed by atoms with Gasteiger partial charge in [-0.05, 0) is 61.4 Å². The third kappa shape index (κ3) is 21.3. The topological polar surface area (TPSA) is 411 Å². The summed E-state index contributed by atoms with van der Waals surface area (Å²) in [4.78, 5) is 93.0. The highest BCUT2D eigenvalue weighted by molar-refractivity contribution is 6.21. The zero-order valence-electron chi connectivity index (χ0n) is 65.5. The average molecular weight is 1670 g/mol. The van der Waals surface area contributed by atoms with E-state index in [1.807, 2.05) is 13.8 Å². The van der Waals surface area contributed by atoms with Crippen molar-refractivity contribution in [3.63, 3.8) is 0 Å². The van der Waals surface area contributed by atoms with E-state index < -0.39 is 156 Å². The van der Waals surface area contributed by atoms with E-state index in [0.29, 0.717) is 34.0 Å². The molecule has 0 radical (unpaired) electrons. The number of aromatic nitrogens is 15. The van der Waals surface area contributed by atoms with E-state index in [-0.39, 0.29) is 88.4 Å². The molecule has 0 saturated carbocycles. The molecule has 5 aromatic heterocycles.